The number of anilines is 2. The van der Waals surface area contributed by atoms with Crippen molar-refractivity contribution in [2.24, 2.45) is 0 Å². The Labute approximate surface area is 124 Å². The fourth-order valence-electron chi connectivity index (χ4n) is 1.98. The fourth-order valence-corrected chi connectivity index (χ4v) is 1.98. The maximum atomic E-state index is 12.4. The van der Waals surface area contributed by atoms with Crippen LogP contribution in [0.5, 0.6) is 0 Å². The first kappa shape index (κ1) is 15.0. The van der Waals surface area contributed by atoms with E-state index in [4.69, 9.17) is 4.52 Å². The maximum Gasteiger partial charge on any atom is 0.261 e. The van der Waals surface area contributed by atoms with Gasteiger partial charge < -0.3 is 14.7 Å². The van der Waals surface area contributed by atoms with Crippen molar-refractivity contribution >= 4 is 17.4 Å². The number of nitrogens with zero attached hydrogens (tertiary/aromatic N) is 3. The molecule has 0 saturated heterocycles. The molecule has 21 heavy (non-hydrogen) atoms. The fraction of sp³-hybridized carbons (Fsp3) is 0.400. The lowest BCUT2D eigenvalue weighted by Crippen LogP contribution is -2.15. The molecule has 6 nitrogen and oxygen atoms in total. The van der Waals surface area contributed by atoms with Crippen LogP contribution in [0.3, 0.4) is 0 Å². The zero-order valence-electron chi connectivity index (χ0n) is 13.0. The zero-order valence-corrected chi connectivity index (χ0v) is 13.0. The molecular weight excluding hydrogens is 268 g/mol. The number of hydrogen-bond donors (Lipinski definition) is 1. The summed E-state index contributed by atoms with van der Waals surface area (Å²) in [6.45, 7) is 5.69. The van der Waals surface area contributed by atoms with Crippen molar-refractivity contribution in [1.29, 1.82) is 0 Å². The Morgan fingerprint density at radius 2 is 2.05 bits per heavy atom. The van der Waals surface area contributed by atoms with Crippen LogP contribution in [0.2, 0.25) is 0 Å². The molecule has 0 fully saturated rings. The van der Waals surface area contributed by atoms with Gasteiger partial charge in [-0.15, -0.1) is 0 Å². The van der Waals surface area contributed by atoms with Gasteiger partial charge in [0.05, 0.1) is 17.6 Å². The standard InChI is InChI=1S/C15H20N4O2/c1-9(2)14-13(10(3)18-21-14)15(20)17-11-6-7-12(16-8-11)19(4)5/h6-9H,1-5H3,(H,17,20). The zero-order chi connectivity index (χ0) is 15.6. The number of nitrogens with one attached hydrogen (secondary N) is 1. The second-order valence-corrected chi connectivity index (χ2v) is 5.42. The van der Waals surface area contributed by atoms with E-state index in [1.54, 1.807) is 13.1 Å². The first-order valence-electron chi connectivity index (χ1n) is 6.81. The molecule has 0 unspecified atom stereocenters. The summed E-state index contributed by atoms with van der Waals surface area (Å²) in [6, 6.07) is 3.66. The normalized spacial score (nSPS) is 10.8. The average molecular weight is 288 g/mol. The molecule has 0 aliphatic rings. The van der Waals surface area contributed by atoms with Crippen LogP contribution < -0.4 is 10.2 Å². The summed E-state index contributed by atoms with van der Waals surface area (Å²) < 4.78 is 5.23. The summed E-state index contributed by atoms with van der Waals surface area (Å²) in [5, 5.41) is 6.71. The SMILES string of the molecule is Cc1noc(C(C)C)c1C(=O)Nc1ccc(N(C)C)nc1. The van der Waals surface area contributed by atoms with Gasteiger partial charge in [-0.2, -0.15) is 0 Å². The Hall–Kier alpha value is -2.37. The molecule has 2 aromatic heterocycles. The Bertz CT molecular complexity index is 630. The lowest BCUT2D eigenvalue weighted by Gasteiger charge is -2.12. The molecule has 2 heterocycles. The molecule has 0 bridgehead atoms. The van der Waals surface area contributed by atoms with E-state index >= 15 is 0 Å². The Kier molecular flexibility index (Phi) is 4.26. The molecule has 2 rings (SSSR count). The van der Waals surface area contributed by atoms with Crippen LogP contribution in [-0.2, 0) is 0 Å². The van der Waals surface area contributed by atoms with Crippen molar-refractivity contribution in [2.75, 3.05) is 24.3 Å². The van der Waals surface area contributed by atoms with Gasteiger partial charge in [0.1, 0.15) is 11.4 Å². The predicted octanol–water partition coefficient (Wildman–Crippen LogP) is 2.82. The molecule has 0 aliphatic heterocycles. The number of amides is 1. The first-order valence-corrected chi connectivity index (χ1v) is 6.81. The monoisotopic (exact) mass is 288 g/mol. The summed E-state index contributed by atoms with van der Waals surface area (Å²) in [6.07, 6.45) is 1.63. The number of aromatic nitrogens is 2. The molecule has 112 valence electrons. The van der Waals surface area contributed by atoms with E-state index in [1.807, 2.05) is 45.0 Å². The van der Waals surface area contributed by atoms with E-state index in [1.165, 1.54) is 0 Å². The summed E-state index contributed by atoms with van der Waals surface area (Å²) in [5.74, 6) is 1.30. The van der Waals surface area contributed by atoms with E-state index in [0.29, 0.717) is 22.7 Å². The van der Waals surface area contributed by atoms with E-state index in [0.717, 1.165) is 5.82 Å². The third-order valence-corrected chi connectivity index (χ3v) is 3.10. The molecule has 0 radical (unpaired) electrons. The second-order valence-electron chi connectivity index (χ2n) is 5.42. The third kappa shape index (κ3) is 3.21. The maximum absolute atomic E-state index is 12.4. The lowest BCUT2D eigenvalue weighted by molar-refractivity contribution is 0.102. The van der Waals surface area contributed by atoms with E-state index in [9.17, 15) is 4.79 Å². The number of pyridine rings is 1. The molecule has 0 spiro atoms. The van der Waals surface area contributed by atoms with Gasteiger partial charge in [-0.1, -0.05) is 19.0 Å². The number of carbonyl (C=O) groups excluding carboxylic acids is 1. The molecule has 0 atom stereocenters. The van der Waals surface area contributed by atoms with Gasteiger partial charge in [0.15, 0.2) is 5.76 Å². The summed E-state index contributed by atoms with van der Waals surface area (Å²) >= 11 is 0. The molecule has 0 aliphatic carbocycles. The second kappa shape index (κ2) is 5.95. The first-order chi connectivity index (χ1) is 9.90. The van der Waals surface area contributed by atoms with Gasteiger partial charge in [0.2, 0.25) is 0 Å². The van der Waals surface area contributed by atoms with Crippen molar-refractivity contribution in [1.82, 2.24) is 10.1 Å². The molecule has 2 aromatic rings. The van der Waals surface area contributed by atoms with Crippen molar-refractivity contribution < 1.29 is 9.32 Å². The van der Waals surface area contributed by atoms with Gasteiger partial charge in [0.25, 0.3) is 5.91 Å². The van der Waals surface area contributed by atoms with Gasteiger partial charge >= 0.3 is 0 Å². The van der Waals surface area contributed by atoms with Crippen molar-refractivity contribution in [2.45, 2.75) is 26.7 Å². The highest BCUT2D eigenvalue weighted by molar-refractivity contribution is 6.05. The van der Waals surface area contributed by atoms with Crippen LogP contribution in [0, 0.1) is 6.92 Å². The van der Waals surface area contributed by atoms with Crippen molar-refractivity contribution in [3.05, 3.63) is 35.3 Å². The smallest absolute Gasteiger partial charge is 0.261 e. The van der Waals surface area contributed by atoms with Crippen molar-refractivity contribution in [3.63, 3.8) is 0 Å². The predicted molar refractivity (Wildman–Crippen MR) is 81.8 cm³/mol. The molecule has 0 saturated carbocycles. The van der Waals surface area contributed by atoms with E-state index in [2.05, 4.69) is 15.5 Å². The number of carbonyl (C=O) groups is 1. The van der Waals surface area contributed by atoms with Crippen LogP contribution in [0.1, 0.15) is 41.6 Å². The van der Waals surface area contributed by atoms with Crippen molar-refractivity contribution in [3.8, 4) is 0 Å². The highest BCUT2D eigenvalue weighted by Gasteiger charge is 2.22. The topological polar surface area (TPSA) is 71.3 Å². The molecule has 1 N–H and O–H groups in total. The highest BCUT2D eigenvalue weighted by atomic mass is 16.5. The summed E-state index contributed by atoms with van der Waals surface area (Å²) in [7, 11) is 3.83. The minimum atomic E-state index is -0.225. The summed E-state index contributed by atoms with van der Waals surface area (Å²) in [5.41, 5.74) is 1.73. The number of rotatable bonds is 4. The third-order valence-electron chi connectivity index (χ3n) is 3.10. The van der Waals surface area contributed by atoms with Gasteiger partial charge in [-0.25, -0.2) is 4.98 Å². The van der Waals surface area contributed by atoms with Crippen LogP contribution in [0.15, 0.2) is 22.9 Å². The minimum absolute atomic E-state index is 0.0983. The lowest BCUT2D eigenvalue weighted by atomic mass is 10.0. The van der Waals surface area contributed by atoms with Crippen LogP contribution >= 0.6 is 0 Å². The van der Waals surface area contributed by atoms with Gasteiger partial charge in [-0.3, -0.25) is 4.79 Å². The number of aryl methyl sites for hydroxylation is 1. The molecule has 0 aromatic carbocycles. The Morgan fingerprint density at radius 1 is 1.33 bits per heavy atom. The Morgan fingerprint density at radius 3 is 2.57 bits per heavy atom. The van der Waals surface area contributed by atoms with E-state index in [-0.39, 0.29) is 11.8 Å². The Balaban J connectivity index is 2.20. The van der Waals surface area contributed by atoms with Crippen LogP contribution in [0.4, 0.5) is 11.5 Å². The average Bonchev–Trinajstić information content (AvgIpc) is 2.81. The molecule has 6 heteroatoms. The van der Waals surface area contributed by atoms with Gasteiger partial charge in [-0.05, 0) is 19.1 Å². The quantitative estimate of drug-likeness (QED) is 0.936. The largest absolute Gasteiger partial charge is 0.363 e. The van der Waals surface area contributed by atoms with E-state index < -0.39 is 0 Å². The summed E-state index contributed by atoms with van der Waals surface area (Å²) in [4.78, 5) is 18.6. The van der Waals surface area contributed by atoms with Gasteiger partial charge in [0, 0.05) is 20.0 Å². The molecular formula is C15H20N4O2. The van der Waals surface area contributed by atoms with Crippen LogP contribution in [0.25, 0.3) is 0 Å². The minimum Gasteiger partial charge on any atom is -0.363 e. The molecule has 1 amide bonds. The van der Waals surface area contributed by atoms with Crippen LogP contribution in [-0.4, -0.2) is 30.1 Å². The highest BCUT2D eigenvalue weighted by Crippen LogP contribution is 2.23. The number of hydrogen-bond acceptors (Lipinski definition) is 5.